The Bertz CT molecular complexity index is 605. The molecule has 0 bridgehead atoms. The van der Waals surface area contributed by atoms with Crippen molar-refractivity contribution in [3.63, 3.8) is 0 Å². The van der Waals surface area contributed by atoms with Crippen molar-refractivity contribution in [3.8, 4) is 0 Å². The lowest BCUT2D eigenvalue weighted by atomic mass is 10.1. The average Bonchev–Trinajstić information content (AvgIpc) is 2.35. The first kappa shape index (κ1) is 18.6. The second kappa shape index (κ2) is 6.35. The Morgan fingerprint density at radius 1 is 1.32 bits per heavy atom. The number of carbonyl (C=O) groups is 1. The third-order valence-electron chi connectivity index (χ3n) is 2.39. The summed E-state index contributed by atoms with van der Waals surface area (Å²) in [5.41, 5.74) is -0.394. The maximum Gasteiger partial charge on any atom is 0.416 e. The van der Waals surface area contributed by atoms with Crippen LogP contribution in [0.3, 0.4) is 0 Å². The maximum atomic E-state index is 12.6. The first-order valence-electron chi connectivity index (χ1n) is 5.31. The molecule has 0 heterocycles. The van der Waals surface area contributed by atoms with Gasteiger partial charge in [0.2, 0.25) is 0 Å². The van der Waals surface area contributed by atoms with E-state index in [1.165, 1.54) is 0 Å². The first-order valence-corrected chi connectivity index (χ1v) is 6.44. The van der Waals surface area contributed by atoms with Gasteiger partial charge in [0.05, 0.1) is 10.5 Å². The number of nitrogens with one attached hydrogen (secondary N) is 1. The fourth-order valence-electron chi connectivity index (χ4n) is 1.41. The SMILES string of the molecule is CN(NC(=O)C(Cl)(Cl)Cl)c1ccc(C(F)(F)F)cc1[N+](=O)[O-]. The lowest BCUT2D eigenvalue weighted by Crippen LogP contribution is -2.45. The van der Waals surface area contributed by atoms with E-state index in [0.717, 1.165) is 18.1 Å². The number of nitro benzene ring substituents is 1. The smallest absolute Gasteiger partial charge is 0.282 e. The van der Waals surface area contributed by atoms with Crippen LogP contribution in [0.25, 0.3) is 0 Å². The predicted molar refractivity (Wildman–Crippen MR) is 74.9 cm³/mol. The molecule has 0 spiro atoms. The molecule has 1 rings (SSSR count). The molecule has 1 aromatic rings. The molecule has 12 heteroatoms. The molecule has 0 saturated carbocycles. The van der Waals surface area contributed by atoms with E-state index in [0.29, 0.717) is 12.1 Å². The minimum atomic E-state index is -4.75. The molecule has 0 unspecified atom stereocenters. The van der Waals surface area contributed by atoms with Gasteiger partial charge in [-0.1, -0.05) is 34.8 Å². The zero-order chi connectivity index (χ0) is 17.3. The van der Waals surface area contributed by atoms with Crippen LogP contribution in [0.2, 0.25) is 0 Å². The van der Waals surface area contributed by atoms with Crippen LogP contribution in [0.1, 0.15) is 5.56 Å². The minimum absolute atomic E-state index is 0.319. The van der Waals surface area contributed by atoms with Crippen molar-refractivity contribution in [2.45, 2.75) is 9.97 Å². The molecule has 0 saturated heterocycles. The van der Waals surface area contributed by atoms with Crippen LogP contribution in [0.15, 0.2) is 18.2 Å². The number of carbonyl (C=O) groups excluding carboxylic acids is 1. The molecule has 0 aliphatic heterocycles. The van der Waals surface area contributed by atoms with Gasteiger partial charge in [0.25, 0.3) is 15.4 Å². The Morgan fingerprint density at radius 3 is 2.27 bits per heavy atom. The van der Waals surface area contributed by atoms with Crippen molar-refractivity contribution < 1.29 is 22.9 Å². The molecule has 0 atom stereocenters. The zero-order valence-electron chi connectivity index (χ0n) is 10.6. The number of alkyl halides is 6. The van der Waals surface area contributed by atoms with Crippen LogP contribution in [-0.4, -0.2) is 21.7 Å². The van der Waals surface area contributed by atoms with E-state index in [2.05, 4.69) is 0 Å². The monoisotopic (exact) mass is 379 g/mol. The second-order valence-electron chi connectivity index (χ2n) is 3.96. The van der Waals surface area contributed by atoms with Crippen molar-refractivity contribution in [2.24, 2.45) is 0 Å². The summed E-state index contributed by atoms with van der Waals surface area (Å²) in [6.45, 7) is 0. The highest BCUT2D eigenvalue weighted by molar-refractivity contribution is 6.76. The number of nitrogens with zero attached hydrogens (tertiary/aromatic N) is 2. The predicted octanol–water partition coefficient (Wildman–Crippen LogP) is 3.45. The zero-order valence-corrected chi connectivity index (χ0v) is 12.9. The number of amides is 1. The number of hydrazine groups is 1. The molecule has 1 aromatic carbocycles. The summed E-state index contributed by atoms with van der Waals surface area (Å²) in [6, 6.07) is 1.78. The van der Waals surface area contributed by atoms with Gasteiger partial charge in [0, 0.05) is 13.1 Å². The van der Waals surface area contributed by atoms with E-state index in [1.807, 2.05) is 5.43 Å². The summed E-state index contributed by atoms with van der Waals surface area (Å²) < 4.78 is 35.4. The second-order valence-corrected chi connectivity index (χ2v) is 6.24. The number of hydrogen-bond acceptors (Lipinski definition) is 4. The fraction of sp³-hybridized carbons (Fsp3) is 0.300. The Hall–Kier alpha value is -1.45. The number of rotatable bonds is 3. The van der Waals surface area contributed by atoms with E-state index < -0.39 is 32.1 Å². The van der Waals surface area contributed by atoms with Gasteiger partial charge in [-0.2, -0.15) is 13.2 Å². The summed E-state index contributed by atoms with van der Waals surface area (Å²) in [6.07, 6.45) is -4.75. The van der Waals surface area contributed by atoms with Crippen molar-refractivity contribution in [1.82, 2.24) is 5.43 Å². The standard InChI is InChI=1S/C10H7Cl3F3N3O3/c1-18(17-8(20)9(11,12)13)6-3-2-5(10(14,15)16)4-7(6)19(21)22/h2-4H,1H3,(H,17,20). The van der Waals surface area contributed by atoms with E-state index in [4.69, 9.17) is 34.8 Å². The molecular weight excluding hydrogens is 373 g/mol. The topological polar surface area (TPSA) is 75.5 Å². The van der Waals surface area contributed by atoms with E-state index in [1.54, 1.807) is 0 Å². The van der Waals surface area contributed by atoms with Gasteiger partial charge in [-0.3, -0.25) is 25.3 Å². The van der Waals surface area contributed by atoms with Gasteiger partial charge in [-0.15, -0.1) is 0 Å². The fourth-order valence-corrected chi connectivity index (χ4v) is 1.53. The molecule has 0 radical (unpaired) electrons. The van der Waals surface area contributed by atoms with Crippen LogP contribution >= 0.6 is 34.8 Å². The normalized spacial score (nSPS) is 12.0. The van der Waals surface area contributed by atoms with Gasteiger partial charge >= 0.3 is 6.18 Å². The molecule has 22 heavy (non-hydrogen) atoms. The third kappa shape index (κ3) is 4.52. The molecule has 1 amide bonds. The summed E-state index contributed by atoms with van der Waals surface area (Å²) in [5.74, 6) is -1.13. The molecular formula is C10H7Cl3F3N3O3. The highest BCUT2D eigenvalue weighted by Crippen LogP contribution is 2.36. The van der Waals surface area contributed by atoms with Gasteiger partial charge < -0.3 is 0 Å². The number of anilines is 1. The lowest BCUT2D eigenvalue weighted by molar-refractivity contribution is -0.384. The van der Waals surface area contributed by atoms with Crippen molar-refractivity contribution in [1.29, 1.82) is 0 Å². The summed E-state index contributed by atoms with van der Waals surface area (Å²) in [5, 5.41) is 11.7. The van der Waals surface area contributed by atoms with Gasteiger partial charge in [-0.05, 0) is 12.1 Å². The number of nitro groups is 1. The largest absolute Gasteiger partial charge is 0.416 e. The van der Waals surface area contributed by atoms with Crippen LogP contribution in [0.4, 0.5) is 24.5 Å². The lowest BCUT2D eigenvalue weighted by Gasteiger charge is -2.22. The molecule has 1 N–H and O–H groups in total. The molecule has 0 aromatic heterocycles. The Kier molecular flexibility index (Phi) is 5.37. The van der Waals surface area contributed by atoms with Gasteiger partial charge in [0.15, 0.2) is 0 Å². The molecule has 0 aliphatic rings. The molecule has 6 nitrogen and oxygen atoms in total. The van der Waals surface area contributed by atoms with Crippen LogP contribution in [0.5, 0.6) is 0 Å². The van der Waals surface area contributed by atoms with Gasteiger partial charge in [-0.25, -0.2) is 0 Å². The average molecular weight is 381 g/mol. The summed E-state index contributed by atoms with van der Waals surface area (Å²) >= 11 is 15.9. The van der Waals surface area contributed by atoms with E-state index in [-0.39, 0.29) is 5.69 Å². The van der Waals surface area contributed by atoms with Crippen LogP contribution in [0, 0.1) is 10.1 Å². The highest BCUT2D eigenvalue weighted by atomic mass is 35.6. The highest BCUT2D eigenvalue weighted by Gasteiger charge is 2.35. The molecule has 0 fully saturated rings. The van der Waals surface area contributed by atoms with Crippen molar-refractivity contribution in [3.05, 3.63) is 33.9 Å². The van der Waals surface area contributed by atoms with E-state index >= 15 is 0 Å². The Morgan fingerprint density at radius 2 is 1.86 bits per heavy atom. The maximum absolute atomic E-state index is 12.6. The van der Waals surface area contributed by atoms with E-state index in [9.17, 15) is 28.1 Å². The minimum Gasteiger partial charge on any atom is -0.282 e. The number of hydrogen-bond donors (Lipinski definition) is 1. The van der Waals surface area contributed by atoms with Crippen LogP contribution in [-0.2, 0) is 11.0 Å². The Balaban J connectivity index is 3.19. The molecule has 0 aliphatic carbocycles. The van der Waals surface area contributed by atoms with Gasteiger partial charge in [0.1, 0.15) is 5.69 Å². The Labute approximate surface area is 136 Å². The van der Waals surface area contributed by atoms with Crippen molar-refractivity contribution in [2.75, 3.05) is 12.1 Å². The number of halogens is 6. The number of benzene rings is 1. The summed E-state index contributed by atoms with van der Waals surface area (Å²) in [4.78, 5) is 21.3. The quantitative estimate of drug-likeness (QED) is 0.495. The van der Waals surface area contributed by atoms with Crippen LogP contribution < -0.4 is 10.4 Å². The molecule has 122 valence electrons. The van der Waals surface area contributed by atoms with Crippen molar-refractivity contribution >= 4 is 52.1 Å². The third-order valence-corrected chi connectivity index (χ3v) is 2.90. The first-order chi connectivity index (χ1) is 9.84. The summed E-state index contributed by atoms with van der Waals surface area (Å²) in [7, 11) is 1.14.